The summed E-state index contributed by atoms with van der Waals surface area (Å²) in [5, 5.41) is 2.78. The van der Waals surface area contributed by atoms with Crippen LogP contribution in [-0.4, -0.2) is 40.3 Å². The SMILES string of the molecule is COC(=O)c1ccc(C)c(NC(=O)CCCOc2ccc(S(C)(=O)=O)cc2)c1. The van der Waals surface area contributed by atoms with Gasteiger partial charge in [0.1, 0.15) is 5.75 Å². The molecule has 0 heterocycles. The van der Waals surface area contributed by atoms with E-state index in [-0.39, 0.29) is 17.2 Å². The molecule has 0 atom stereocenters. The van der Waals surface area contributed by atoms with Crippen molar-refractivity contribution in [3.8, 4) is 5.75 Å². The zero-order chi connectivity index (χ0) is 20.7. The molecule has 8 heteroatoms. The number of aryl methyl sites for hydroxylation is 1. The van der Waals surface area contributed by atoms with Crippen molar-refractivity contribution in [2.45, 2.75) is 24.7 Å². The first-order chi connectivity index (χ1) is 13.2. The first-order valence-corrected chi connectivity index (χ1v) is 10.5. The minimum absolute atomic E-state index is 0.193. The highest BCUT2D eigenvalue weighted by Gasteiger charge is 2.11. The molecule has 1 amide bonds. The molecule has 150 valence electrons. The average molecular weight is 405 g/mol. The van der Waals surface area contributed by atoms with Crippen LogP contribution in [-0.2, 0) is 19.4 Å². The molecule has 7 nitrogen and oxygen atoms in total. The van der Waals surface area contributed by atoms with E-state index in [0.29, 0.717) is 30.0 Å². The summed E-state index contributed by atoms with van der Waals surface area (Å²) in [5.41, 5.74) is 1.76. The van der Waals surface area contributed by atoms with E-state index in [1.807, 2.05) is 6.92 Å². The number of esters is 1. The lowest BCUT2D eigenvalue weighted by atomic mass is 10.1. The van der Waals surface area contributed by atoms with Crippen molar-refractivity contribution >= 4 is 27.4 Å². The van der Waals surface area contributed by atoms with E-state index in [9.17, 15) is 18.0 Å². The summed E-state index contributed by atoms with van der Waals surface area (Å²) < 4.78 is 33.0. The number of hydrogen-bond donors (Lipinski definition) is 1. The molecule has 2 rings (SSSR count). The Balaban J connectivity index is 1.82. The first-order valence-electron chi connectivity index (χ1n) is 8.62. The van der Waals surface area contributed by atoms with Gasteiger partial charge in [0.15, 0.2) is 9.84 Å². The highest BCUT2D eigenvalue weighted by molar-refractivity contribution is 7.90. The summed E-state index contributed by atoms with van der Waals surface area (Å²) in [5.74, 6) is -0.124. The Hall–Kier alpha value is -2.87. The molecule has 0 aliphatic rings. The fourth-order valence-electron chi connectivity index (χ4n) is 2.42. The molecule has 0 saturated heterocycles. The van der Waals surface area contributed by atoms with Crippen molar-refractivity contribution in [3.63, 3.8) is 0 Å². The predicted molar refractivity (Wildman–Crippen MR) is 105 cm³/mol. The third-order valence-corrected chi connectivity index (χ3v) is 5.13. The number of carbonyl (C=O) groups is 2. The van der Waals surface area contributed by atoms with Crippen LogP contribution in [0, 0.1) is 6.92 Å². The summed E-state index contributed by atoms with van der Waals surface area (Å²) in [4.78, 5) is 24.0. The maximum Gasteiger partial charge on any atom is 0.337 e. The second-order valence-electron chi connectivity index (χ2n) is 6.27. The molecule has 1 N–H and O–H groups in total. The summed E-state index contributed by atoms with van der Waals surface area (Å²) in [7, 11) is -1.94. The van der Waals surface area contributed by atoms with Gasteiger partial charge < -0.3 is 14.8 Å². The van der Waals surface area contributed by atoms with Gasteiger partial charge >= 0.3 is 5.97 Å². The number of methoxy groups -OCH3 is 1. The maximum absolute atomic E-state index is 12.1. The third-order valence-electron chi connectivity index (χ3n) is 4.00. The Morgan fingerprint density at radius 3 is 2.36 bits per heavy atom. The normalized spacial score (nSPS) is 11.0. The Kier molecular flexibility index (Phi) is 7.17. The van der Waals surface area contributed by atoms with Crippen LogP contribution >= 0.6 is 0 Å². The Morgan fingerprint density at radius 1 is 1.07 bits per heavy atom. The average Bonchev–Trinajstić information content (AvgIpc) is 2.66. The van der Waals surface area contributed by atoms with Crippen molar-refractivity contribution in [2.75, 3.05) is 25.3 Å². The van der Waals surface area contributed by atoms with Crippen molar-refractivity contribution in [2.24, 2.45) is 0 Å². The zero-order valence-corrected chi connectivity index (χ0v) is 16.8. The van der Waals surface area contributed by atoms with E-state index in [2.05, 4.69) is 10.1 Å². The molecule has 28 heavy (non-hydrogen) atoms. The number of rotatable bonds is 8. The van der Waals surface area contributed by atoms with Crippen LogP contribution < -0.4 is 10.1 Å². The minimum Gasteiger partial charge on any atom is -0.494 e. The molecular formula is C20H23NO6S. The van der Waals surface area contributed by atoms with Gasteiger partial charge in [0.05, 0.1) is 24.2 Å². The Morgan fingerprint density at radius 2 is 1.75 bits per heavy atom. The third kappa shape index (κ3) is 6.09. The highest BCUT2D eigenvalue weighted by atomic mass is 32.2. The van der Waals surface area contributed by atoms with E-state index in [1.54, 1.807) is 30.3 Å². The second-order valence-corrected chi connectivity index (χ2v) is 8.28. The lowest BCUT2D eigenvalue weighted by Gasteiger charge is -2.10. The molecule has 2 aromatic carbocycles. The number of benzene rings is 2. The molecule has 0 aliphatic carbocycles. The molecule has 0 spiro atoms. The van der Waals surface area contributed by atoms with E-state index >= 15 is 0 Å². The predicted octanol–water partition coefficient (Wildman–Crippen LogP) is 2.98. The monoisotopic (exact) mass is 405 g/mol. The van der Waals surface area contributed by atoms with Crippen LogP contribution in [0.15, 0.2) is 47.4 Å². The number of carbonyl (C=O) groups excluding carboxylic acids is 2. The molecule has 0 aliphatic heterocycles. The van der Waals surface area contributed by atoms with Gasteiger partial charge in [0.2, 0.25) is 5.91 Å². The number of sulfone groups is 1. The Labute approximate surface area is 164 Å². The highest BCUT2D eigenvalue weighted by Crippen LogP contribution is 2.19. The maximum atomic E-state index is 12.1. The summed E-state index contributed by atoms with van der Waals surface area (Å²) in [6.07, 6.45) is 1.86. The fraction of sp³-hybridized carbons (Fsp3) is 0.300. The van der Waals surface area contributed by atoms with Gasteiger partial charge in [-0.1, -0.05) is 6.07 Å². The van der Waals surface area contributed by atoms with E-state index in [0.717, 1.165) is 11.8 Å². The van der Waals surface area contributed by atoms with Crippen LogP contribution in [0.5, 0.6) is 5.75 Å². The number of anilines is 1. The Bertz CT molecular complexity index is 951. The van der Waals surface area contributed by atoms with Crippen LogP contribution in [0.3, 0.4) is 0 Å². The fourth-order valence-corrected chi connectivity index (χ4v) is 3.05. The van der Waals surface area contributed by atoms with Crippen molar-refractivity contribution < 1.29 is 27.5 Å². The van der Waals surface area contributed by atoms with E-state index in [1.165, 1.54) is 19.2 Å². The van der Waals surface area contributed by atoms with Crippen LogP contribution in [0.2, 0.25) is 0 Å². The van der Waals surface area contributed by atoms with Gasteiger partial charge in [-0.3, -0.25) is 4.79 Å². The lowest BCUT2D eigenvalue weighted by molar-refractivity contribution is -0.116. The van der Waals surface area contributed by atoms with E-state index < -0.39 is 15.8 Å². The van der Waals surface area contributed by atoms with Crippen molar-refractivity contribution in [3.05, 3.63) is 53.6 Å². The first kappa shape index (κ1) is 21.4. The molecule has 0 saturated carbocycles. The molecule has 0 bridgehead atoms. The lowest BCUT2D eigenvalue weighted by Crippen LogP contribution is -2.14. The smallest absolute Gasteiger partial charge is 0.337 e. The van der Waals surface area contributed by atoms with E-state index in [4.69, 9.17) is 4.74 Å². The largest absolute Gasteiger partial charge is 0.494 e. The van der Waals surface area contributed by atoms with Crippen LogP contribution in [0.4, 0.5) is 5.69 Å². The summed E-state index contributed by atoms with van der Waals surface area (Å²) in [6.45, 7) is 2.15. The van der Waals surface area contributed by atoms with Gasteiger partial charge in [-0.25, -0.2) is 13.2 Å². The summed E-state index contributed by atoms with van der Waals surface area (Å²) >= 11 is 0. The number of nitrogens with one attached hydrogen (secondary N) is 1. The van der Waals surface area contributed by atoms with Gasteiger partial charge in [0.25, 0.3) is 0 Å². The van der Waals surface area contributed by atoms with Gasteiger partial charge in [-0.2, -0.15) is 0 Å². The van der Waals surface area contributed by atoms with Gasteiger partial charge in [-0.15, -0.1) is 0 Å². The minimum atomic E-state index is -3.24. The second kappa shape index (κ2) is 9.36. The number of ether oxygens (including phenoxy) is 2. The van der Waals surface area contributed by atoms with Crippen LogP contribution in [0.1, 0.15) is 28.8 Å². The zero-order valence-electron chi connectivity index (χ0n) is 16.0. The quantitative estimate of drug-likeness (QED) is 0.535. The molecule has 0 aromatic heterocycles. The molecular weight excluding hydrogens is 382 g/mol. The van der Waals surface area contributed by atoms with Crippen LogP contribution in [0.25, 0.3) is 0 Å². The number of hydrogen-bond acceptors (Lipinski definition) is 6. The molecule has 2 aromatic rings. The molecule has 0 radical (unpaired) electrons. The standard InChI is InChI=1S/C20H23NO6S/c1-14-6-7-15(20(23)26-2)13-18(14)21-19(22)5-4-12-27-16-8-10-17(11-9-16)28(3,24)25/h6-11,13H,4-5,12H2,1-3H3,(H,21,22). The van der Waals surface area contributed by atoms with Crippen molar-refractivity contribution in [1.82, 2.24) is 0 Å². The van der Waals surface area contributed by atoms with Gasteiger partial charge in [-0.05, 0) is 55.3 Å². The van der Waals surface area contributed by atoms with Gasteiger partial charge in [0, 0.05) is 18.4 Å². The topological polar surface area (TPSA) is 98.8 Å². The van der Waals surface area contributed by atoms with Crippen molar-refractivity contribution in [1.29, 1.82) is 0 Å². The summed E-state index contributed by atoms with van der Waals surface area (Å²) in [6, 6.07) is 11.1. The molecule has 0 unspecified atom stereocenters. The molecule has 0 fully saturated rings. The number of amides is 1.